The van der Waals surface area contributed by atoms with Crippen molar-refractivity contribution in [2.24, 2.45) is 10.2 Å². The summed E-state index contributed by atoms with van der Waals surface area (Å²) in [6, 6.07) is 14.0. The Labute approximate surface area is 171 Å². The van der Waals surface area contributed by atoms with Crippen molar-refractivity contribution in [3.63, 3.8) is 0 Å². The van der Waals surface area contributed by atoms with Crippen molar-refractivity contribution in [2.75, 3.05) is 12.4 Å². The summed E-state index contributed by atoms with van der Waals surface area (Å²) < 4.78 is 5.10. The number of nitrogens with one attached hydrogen (secondary N) is 2. The van der Waals surface area contributed by atoms with Gasteiger partial charge in [-0.1, -0.05) is 23.4 Å². The third-order valence-corrected chi connectivity index (χ3v) is 5.07. The highest BCUT2D eigenvalue weighted by molar-refractivity contribution is 8.15. The van der Waals surface area contributed by atoms with Crippen molar-refractivity contribution in [3.8, 4) is 5.75 Å². The molecular weight excluding hydrogens is 400 g/mol. The molecule has 2 aromatic carbocycles. The zero-order valence-corrected chi connectivity index (χ0v) is 16.5. The van der Waals surface area contributed by atoms with Crippen molar-refractivity contribution in [1.82, 2.24) is 5.32 Å². The first-order chi connectivity index (χ1) is 13.5. The summed E-state index contributed by atoms with van der Waals surface area (Å²) >= 11 is 6.99. The molecule has 1 fully saturated rings. The number of rotatable bonds is 5. The standard InChI is InChI=1S/C19H17ClN4O3S/c1-27-15-8-2-12(3-9-15)11-21-24-19-23-17(25)10-16(28-19)18(26)22-14-6-4-13(20)5-7-14/h2-9,11,16H,10H2,1H3,(H,22,26)(H,23,24,25). The monoisotopic (exact) mass is 416 g/mol. The number of hydrogen-bond donors (Lipinski definition) is 2. The predicted molar refractivity (Wildman–Crippen MR) is 112 cm³/mol. The van der Waals surface area contributed by atoms with E-state index in [9.17, 15) is 9.59 Å². The quantitative estimate of drug-likeness (QED) is 0.577. The first kappa shape index (κ1) is 19.9. The highest BCUT2D eigenvalue weighted by Crippen LogP contribution is 2.23. The second-order valence-corrected chi connectivity index (χ2v) is 7.41. The van der Waals surface area contributed by atoms with Crippen LogP contribution in [0.3, 0.4) is 0 Å². The number of benzene rings is 2. The van der Waals surface area contributed by atoms with Crippen molar-refractivity contribution in [3.05, 3.63) is 59.1 Å². The molecule has 0 saturated carbocycles. The van der Waals surface area contributed by atoms with E-state index < -0.39 is 5.25 Å². The zero-order chi connectivity index (χ0) is 19.9. The van der Waals surface area contributed by atoms with Crippen LogP contribution in [-0.4, -0.2) is 35.6 Å². The van der Waals surface area contributed by atoms with Gasteiger partial charge >= 0.3 is 0 Å². The van der Waals surface area contributed by atoms with Gasteiger partial charge in [0.25, 0.3) is 0 Å². The Balaban J connectivity index is 1.63. The number of amides is 2. The molecule has 1 aliphatic heterocycles. The van der Waals surface area contributed by atoms with Crippen LogP contribution in [0.25, 0.3) is 0 Å². The van der Waals surface area contributed by atoms with Crippen molar-refractivity contribution < 1.29 is 14.3 Å². The molecule has 1 unspecified atom stereocenters. The average molecular weight is 417 g/mol. The minimum Gasteiger partial charge on any atom is -0.497 e. The summed E-state index contributed by atoms with van der Waals surface area (Å²) in [6.07, 6.45) is 1.61. The molecular formula is C19H17ClN4O3S. The lowest BCUT2D eigenvalue weighted by Gasteiger charge is -2.21. The summed E-state index contributed by atoms with van der Waals surface area (Å²) in [7, 11) is 1.59. The molecule has 0 spiro atoms. The maximum absolute atomic E-state index is 12.4. The molecule has 144 valence electrons. The van der Waals surface area contributed by atoms with E-state index in [1.807, 2.05) is 24.3 Å². The summed E-state index contributed by atoms with van der Waals surface area (Å²) in [6.45, 7) is 0. The molecule has 28 heavy (non-hydrogen) atoms. The highest BCUT2D eigenvalue weighted by atomic mass is 35.5. The van der Waals surface area contributed by atoms with Crippen LogP contribution in [0.15, 0.2) is 58.7 Å². The Morgan fingerprint density at radius 1 is 1.25 bits per heavy atom. The molecule has 0 radical (unpaired) electrons. The van der Waals surface area contributed by atoms with Crippen LogP contribution in [0.4, 0.5) is 5.69 Å². The van der Waals surface area contributed by atoms with E-state index in [0.29, 0.717) is 10.7 Å². The maximum Gasteiger partial charge on any atom is 0.238 e. The molecule has 2 aromatic rings. The van der Waals surface area contributed by atoms with Crippen LogP contribution >= 0.6 is 23.4 Å². The summed E-state index contributed by atoms with van der Waals surface area (Å²) in [5, 5.41) is 13.6. The van der Waals surface area contributed by atoms with Gasteiger partial charge in [-0.05, 0) is 54.1 Å². The number of anilines is 1. The number of ether oxygens (including phenoxy) is 1. The molecule has 1 aliphatic rings. The predicted octanol–water partition coefficient (Wildman–Crippen LogP) is 3.30. The number of hydrogen-bond acceptors (Lipinski definition) is 6. The molecule has 1 saturated heterocycles. The Kier molecular flexibility index (Phi) is 6.67. The van der Waals surface area contributed by atoms with E-state index in [2.05, 4.69) is 20.8 Å². The molecule has 7 nitrogen and oxygen atoms in total. The molecule has 0 aliphatic carbocycles. The first-order valence-electron chi connectivity index (χ1n) is 8.31. The lowest BCUT2D eigenvalue weighted by molar-refractivity contribution is -0.123. The van der Waals surface area contributed by atoms with E-state index in [0.717, 1.165) is 23.1 Å². The zero-order valence-electron chi connectivity index (χ0n) is 14.9. The van der Waals surface area contributed by atoms with E-state index in [-0.39, 0.29) is 23.4 Å². The number of carbonyl (C=O) groups excluding carboxylic acids is 2. The second kappa shape index (κ2) is 9.38. The van der Waals surface area contributed by atoms with Gasteiger partial charge in [-0.25, -0.2) is 0 Å². The fourth-order valence-electron chi connectivity index (χ4n) is 2.33. The number of amidine groups is 1. The minimum atomic E-state index is -0.598. The number of halogens is 1. The number of carbonyl (C=O) groups is 2. The van der Waals surface area contributed by atoms with Gasteiger partial charge in [0.05, 0.1) is 13.3 Å². The van der Waals surface area contributed by atoms with Gasteiger partial charge < -0.3 is 15.4 Å². The largest absolute Gasteiger partial charge is 0.497 e. The number of methoxy groups -OCH3 is 1. The van der Waals surface area contributed by atoms with Gasteiger partial charge in [0.15, 0.2) is 5.17 Å². The fourth-order valence-corrected chi connectivity index (χ4v) is 3.40. The first-order valence-corrected chi connectivity index (χ1v) is 9.57. The normalized spacial score (nSPS) is 18.1. The summed E-state index contributed by atoms with van der Waals surface area (Å²) in [4.78, 5) is 24.4. The van der Waals surface area contributed by atoms with Crippen molar-refractivity contribution in [1.29, 1.82) is 0 Å². The topological polar surface area (TPSA) is 92.2 Å². The molecule has 1 atom stereocenters. The smallest absolute Gasteiger partial charge is 0.238 e. The number of nitrogens with zero attached hydrogens (tertiary/aromatic N) is 2. The minimum absolute atomic E-state index is 0.0608. The van der Waals surface area contributed by atoms with E-state index >= 15 is 0 Å². The summed E-state index contributed by atoms with van der Waals surface area (Å²) in [5.74, 6) is 0.176. The number of thioether (sulfide) groups is 1. The maximum atomic E-state index is 12.4. The van der Waals surface area contributed by atoms with Gasteiger partial charge in [0, 0.05) is 17.1 Å². The fraction of sp³-hybridized carbons (Fsp3) is 0.158. The van der Waals surface area contributed by atoms with Crippen molar-refractivity contribution >= 4 is 52.2 Å². The lowest BCUT2D eigenvalue weighted by atomic mass is 10.2. The molecule has 2 N–H and O–H groups in total. The van der Waals surface area contributed by atoms with Crippen LogP contribution in [-0.2, 0) is 9.59 Å². The van der Waals surface area contributed by atoms with Crippen LogP contribution in [0.2, 0.25) is 5.02 Å². The van der Waals surface area contributed by atoms with Gasteiger partial charge in [-0.15, -0.1) is 5.10 Å². The highest BCUT2D eigenvalue weighted by Gasteiger charge is 2.30. The van der Waals surface area contributed by atoms with Gasteiger partial charge in [-0.3, -0.25) is 9.59 Å². The van der Waals surface area contributed by atoms with Crippen LogP contribution in [0.1, 0.15) is 12.0 Å². The third-order valence-electron chi connectivity index (χ3n) is 3.75. The van der Waals surface area contributed by atoms with Crippen molar-refractivity contribution in [2.45, 2.75) is 11.7 Å². The third kappa shape index (κ3) is 5.58. The van der Waals surface area contributed by atoms with Gasteiger partial charge in [0.2, 0.25) is 11.8 Å². The second-order valence-electron chi connectivity index (χ2n) is 5.78. The molecule has 2 amide bonds. The molecule has 1 heterocycles. The SMILES string of the molecule is COc1ccc(C=NN=C2NC(=O)CC(C(=O)Nc3ccc(Cl)cc3)S2)cc1. The van der Waals surface area contributed by atoms with Gasteiger partial charge in [0.1, 0.15) is 11.0 Å². The Morgan fingerprint density at radius 3 is 2.64 bits per heavy atom. The van der Waals surface area contributed by atoms with E-state index in [1.165, 1.54) is 0 Å². The molecule has 0 aromatic heterocycles. The Hall–Kier alpha value is -2.84. The van der Waals surface area contributed by atoms with Crippen LogP contribution in [0.5, 0.6) is 5.75 Å². The van der Waals surface area contributed by atoms with E-state index in [1.54, 1.807) is 37.6 Å². The molecule has 0 bridgehead atoms. The van der Waals surface area contributed by atoms with Gasteiger partial charge in [-0.2, -0.15) is 5.10 Å². The lowest BCUT2D eigenvalue weighted by Crippen LogP contribution is -2.41. The van der Waals surface area contributed by atoms with Crippen LogP contribution < -0.4 is 15.4 Å². The molecule has 3 rings (SSSR count). The Bertz CT molecular complexity index is 914. The Morgan fingerprint density at radius 2 is 1.96 bits per heavy atom. The average Bonchev–Trinajstić information content (AvgIpc) is 2.70. The summed E-state index contributed by atoms with van der Waals surface area (Å²) in [5.41, 5.74) is 1.44. The van der Waals surface area contributed by atoms with Crippen LogP contribution in [0, 0.1) is 0 Å². The molecule has 9 heteroatoms. The van der Waals surface area contributed by atoms with E-state index in [4.69, 9.17) is 16.3 Å².